The van der Waals surface area contributed by atoms with E-state index < -0.39 is 17.2 Å². The topological polar surface area (TPSA) is 114 Å². The zero-order valence-electron chi connectivity index (χ0n) is 24.1. The van der Waals surface area contributed by atoms with E-state index >= 15 is 0 Å². The number of benzene rings is 3. The number of thioether (sulfide) groups is 1. The van der Waals surface area contributed by atoms with Gasteiger partial charge in [0, 0.05) is 23.7 Å². The average Bonchev–Trinajstić information content (AvgIpc) is 3.41. The molecule has 0 atom stereocenters. The molecule has 3 aromatic carbocycles. The number of nitrogens with one attached hydrogen (secondary N) is 1. The number of methoxy groups -OCH3 is 1. The van der Waals surface area contributed by atoms with Crippen LogP contribution in [-0.2, 0) is 17.6 Å². The lowest BCUT2D eigenvalue weighted by Gasteiger charge is -2.28. The normalized spacial score (nSPS) is 11.5. The Morgan fingerprint density at radius 1 is 1.12 bits per heavy atom. The number of carboxylic acid groups (broad SMARTS) is 1. The molecule has 0 saturated heterocycles. The van der Waals surface area contributed by atoms with E-state index in [9.17, 15) is 14.3 Å². The maximum absolute atomic E-state index is 14.4. The monoisotopic (exact) mass is 642 g/mol. The second-order valence-corrected chi connectivity index (χ2v) is 12.4. The molecule has 0 aliphatic rings. The van der Waals surface area contributed by atoms with Crippen LogP contribution in [0.15, 0.2) is 66.0 Å². The van der Waals surface area contributed by atoms with Crippen molar-refractivity contribution in [3.05, 3.63) is 105 Å². The largest absolute Gasteiger partial charge is 0.494 e. The number of ether oxygens (including phenoxy) is 1. The molecule has 226 valence electrons. The Morgan fingerprint density at radius 3 is 2.56 bits per heavy atom. The van der Waals surface area contributed by atoms with Crippen LogP contribution in [0.2, 0.25) is 10.0 Å². The van der Waals surface area contributed by atoms with E-state index in [1.54, 1.807) is 30.5 Å². The third-order valence-corrected chi connectivity index (χ3v) is 9.08. The lowest BCUT2D eigenvalue weighted by molar-refractivity contribution is 0.0695. The summed E-state index contributed by atoms with van der Waals surface area (Å²) in [5, 5.41) is 18.8. The van der Waals surface area contributed by atoms with E-state index in [4.69, 9.17) is 44.1 Å². The van der Waals surface area contributed by atoms with E-state index in [0.717, 1.165) is 35.2 Å². The van der Waals surface area contributed by atoms with Crippen LogP contribution in [0.25, 0.3) is 5.69 Å². The van der Waals surface area contributed by atoms with Crippen molar-refractivity contribution >= 4 is 46.8 Å². The first-order valence-electron chi connectivity index (χ1n) is 13.6. The van der Waals surface area contributed by atoms with Crippen molar-refractivity contribution in [1.82, 2.24) is 9.55 Å². The van der Waals surface area contributed by atoms with Gasteiger partial charge in [-0.1, -0.05) is 67.0 Å². The number of nitrogens with two attached hydrogens (primary N) is 1. The molecule has 0 saturated carbocycles. The number of aryl methyl sites for hydroxylation is 1. The number of hydrogen-bond donors (Lipinski definition) is 3. The maximum atomic E-state index is 14.4. The van der Waals surface area contributed by atoms with Crippen LogP contribution in [0, 0.1) is 11.2 Å². The van der Waals surface area contributed by atoms with Gasteiger partial charge in [0.2, 0.25) is 0 Å². The number of carboxylic acids is 1. The number of aromatic nitrogens is 2. The molecular formula is C32H33Cl2FN4O3S. The first kappa shape index (κ1) is 32.4. The highest BCUT2D eigenvalue weighted by Gasteiger charge is 2.30. The van der Waals surface area contributed by atoms with Gasteiger partial charge in [-0.3, -0.25) is 9.98 Å². The summed E-state index contributed by atoms with van der Waals surface area (Å²) in [5.74, 6) is -0.781. The number of unbranched alkanes of at least 4 members (excludes halogenated alkanes) is 1. The second-order valence-electron chi connectivity index (χ2n) is 10.7. The fourth-order valence-corrected chi connectivity index (χ4v) is 6.09. The first-order valence-corrected chi connectivity index (χ1v) is 15.3. The van der Waals surface area contributed by atoms with Crippen molar-refractivity contribution in [3.63, 3.8) is 0 Å². The summed E-state index contributed by atoms with van der Waals surface area (Å²) in [7, 11) is 1.42. The SMILES string of the molecule is COc1cc(-n2c(C(C)(C)c3ccc(Cl)c(Cl)c3)cnc2SCc2ccc(CCCCC(=N)N)c(C(=O)O)c2)ccc1F. The minimum atomic E-state index is -0.987. The molecule has 0 bridgehead atoms. The van der Waals surface area contributed by atoms with Gasteiger partial charge in [-0.05, 0) is 66.3 Å². The van der Waals surface area contributed by atoms with E-state index in [1.807, 2.05) is 42.7 Å². The quantitative estimate of drug-likeness (QED) is 0.0585. The van der Waals surface area contributed by atoms with E-state index in [0.29, 0.717) is 39.5 Å². The number of nitrogens with zero attached hydrogens (tertiary/aromatic N) is 2. The molecule has 11 heteroatoms. The summed E-state index contributed by atoms with van der Waals surface area (Å²) in [5.41, 5.74) is 9.09. The predicted molar refractivity (Wildman–Crippen MR) is 171 cm³/mol. The highest BCUT2D eigenvalue weighted by atomic mass is 35.5. The molecule has 0 unspecified atom stereocenters. The molecule has 0 aliphatic carbocycles. The van der Waals surface area contributed by atoms with E-state index in [-0.39, 0.29) is 17.1 Å². The number of rotatable bonds is 13. The molecule has 0 radical (unpaired) electrons. The van der Waals surface area contributed by atoms with Crippen molar-refractivity contribution in [3.8, 4) is 11.4 Å². The lowest BCUT2D eigenvalue weighted by Crippen LogP contribution is -2.23. The first-order chi connectivity index (χ1) is 20.4. The Kier molecular flexibility index (Phi) is 10.4. The summed E-state index contributed by atoms with van der Waals surface area (Å²) in [4.78, 5) is 16.8. The van der Waals surface area contributed by atoms with Crippen LogP contribution >= 0.6 is 35.0 Å². The van der Waals surface area contributed by atoms with Crippen molar-refractivity contribution in [1.29, 1.82) is 5.41 Å². The standard InChI is InChI=1S/C32H33Cl2FN4O3S/c1-32(2,21-10-12-24(33)25(34)15-21)28-17-38-31(39(28)22-11-13-26(35)27(16-22)42-3)43-18-19-8-9-20(23(14-19)30(40)41)6-4-5-7-29(36)37/h8-17H,4-7,18H2,1-3H3,(H3,36,37)(H,40,41). The van der Waals surface area contributed by atoms with Crippen LogP contribution in [-0.4, -0.2) is 33.6 Å². The Balaban J connectivity index is 1.69. The molecular weight excluding hydrogens is 610 g/mol. The number of halogens is 3. The Morgan fingerprint density at radius 2 is 1.88 bits per heavy atom. The van der Waals surface area contributed by atoms with Crippen LogP contribution in [0.4, 0.5) is 4.39 Å². The highest BCUT2D eigenvalue weighted by Crippen LogP contribution is 2.39. The minimum absolute atomic E-state index is 0.102. The van der Waals surface area contributed by atoms with Crippen molar-refractivity contribution in [2.24, 2.45) is 5.73 Å². The zero-order valence-corrected chi connectivity index (χ0v) is 26.4. The van der Waals surface area contributed by atoms with Crippen molar-refractivity contribution < 1.29 is 19.0 Å². The summed E-state index contributed by atoms with van der Waals surface area (Å²) in [6.45, 7) is 4.09. The second kappa shape index (κ2) is 13.8. The molecule has 43 heavy (non-hydrogen) atoms. The van der Waals surface area contributed by atoms with Crippen LogP contribution in [0.5, 0.6) is 5.75 Å². The van der Waals surface area contributed by atoms with Crippen LogP contribution in [0.3, 0.4) is 0 Å². The van der Waals surface area contributed by atoms with Gasteiger partial charge >= 0.3 is 5.97 Å². The predicted octanol–water partition coefficient (Wildman–Crippen LogP) is 8.29. The van der Waals surface area contributed by atoms with Crippen molar-refractivity contribution in [2.75, 3.05) is 7.11 Å². The number of aromatic carboxylic acids is 1. The van der Waals surface area contributed by atoms with Gasteiger partial charge in [-0.2, -0.15) is 0 Å². The Hall–Kier alpha value is -3.53. The number of hydrogen-bond acceptors (Lipinski definition) is 5. The third-order valence-electron chi connectivity index (χ3n) is 7.32. The molecule has 0 spiro atoms. The number of amidine groups is 1. The maximum Gasteiger partial charge on any atom is 0.335 e. The number of imidazole rings is 1. The molecule has 4 rings (SSSR count). The molecule has 7 nitrogen and oxygen atoms in total. The van der Waals surface area contributed by atoms with E-state index in [1.165, 1.54) is 24.9 Å². The smallest absolute Gasteiger partial charge is 0.335 e. The van der Waals surface area contributed by atoms with Gasteiger partial charge in [0.25, 0.3) is 0 Å². The lowest BCUT2D eigenvalue weighted by atomic mass is 9.81. The number of carbonyl (C=O) groups is 1. The zero-order chi connectivity index (χ0) is 31.3. The van der Waals surface area contributed by atoms with Crippen LogP contribution in [0.1, 0.15) is 65.9 Å². The van der Waals surface area contributed by atoms with Gasteiger partial charge in [0.05, 0.1) is 46.1 Å². The summed E-state index contributed by atoms with van der Waals surface area (Å²) in [6, 6.07) is 15.6. The molecule has 4 aromatic rings. The fourth-order valence-electron chi connectivity index (χ4n) is 4.86. The summed E-state index contributed by atoms with van der Waals surface area (Å²) < 4.78 is 21.6. The molecule has 0 fully saturated rings. The molecule has 1 aromatic heterocycles. The Labute approximate surface area is 264 Å². The molecule has 4 N–H and O–H groups in total. The molecule has 0 amide bonds. The van der Waals surface area contributed by atoms with Gasteiger partial charge in [-0.25, -0.2) is 14.2 Å². The fraction of sp³-hybridized carbons (Fsp3) is 0.281. The summed E-state index contributed by atoms with van der Waals surface area (Å²) >= 11 is 14.0. The van der Waals surface area contributed by atoms with E-state index in [2.05, 4.69) is 0 Å². The highest BCUT2D eigenvalue weighted by molar-refractivity contribution is 7.98. The summed E-state index contributed by atoms with van der Waals surface area (Å²) in [6.07, 6.45) is 4.33. The average molecular weight is 644 g/mol. The van der Waals surface area contributed by atoms with Gasteiger partial charge in [-0.15, -0.1) is 0 Å². The van der Waals surface area contributed by atoms with Crippen molar-refractivity contribution in [2.45, 2.75) is 55.9 Å². The van der Waals surface area contributed by atoms with Gasteiger partial charge in [0.15, 0.2) is 16.7 Å². The molecule has 1 heterocycles. The van der Waals surface area contributed by atoms with Gasteiger partial charge < -0.3 is 15.6 Å². The third kappa shape index (κ3) is 7.52. The van der Waals surface area contributed by atoms with Gasteiger partial charge in [0.1, 0.15) is 0 Å². The molecule has 0 aliphatic heterocycles. The minimum Gasteiger partial charge on any atom is -0.494 e. The van der Waals surface area contributed by atoms with Crippen LogP contribution < -0.4 is 10.5 Å². The Bertz CT molecular complexity index is 1660.